The molecule has 0 radical (unpaired) electrons. The highest BCUT2D eigenvalue weighted by Gasteiger charge is 2.06. The lowest BCUT2D eigenvalue weighted by atomic mass is 10.0. The maximum Gasteiger partial charge on any atom is -0.00187 e. The van der Waals surface area contributed by atoms with Gasteiger partial charge in [0, 0.05) is 0 Å². The Balaban J connectivity index is 3.85. The monoisotopic (exact) mass is 606 g/mol. The van der Waals surface area contributed by atoms with Crippen LogP contribution in [0.25, 0.3) is 0 Å². The molecule has 0 N–H and O–H groups in total. The first-order valence-electron chi connectivity index (χ1n) is 21.0. The third-order valence-electron chi connectivity index (χ3n) is 10.3. The predicted molar refractivity (Wildman–Crippen MR) is 200 cm³/mol. The van der Waals surface area contributed by atoms with Crippen molar-refractivity contribution in [3.05, 3.63) is 0 Å². The molecule has 0 aliphatic heterocycles. The Morgan fingerprint density at radius 2 is 0.535 bits per heavy atom. The highest BCUT2D eigenvalue weighted by molar-refractivity contribution is 4.61. The molecule has 1 heteroatoms. The van der Waals surface area contributed by atoms with Crippen LogP contribution in [0.15, 0.2) is 0 Å². The Morgan fingerprint density at radius 1 is 0.302 bits per heavy atom. The van der Waals surface area contributed by atoms with E-state index in [9.17, 15) is 0 Å². The minimum absolute atomic E-state index is 0.928. The van der Waals surface area contributed by atoms with E-state index in [1.807, 2.05) is 0 Å². The quantitative estimate of drug-likeness (QED) is 0.0633. The van der Waals surface area contributed by atoms with E-state index in [1.54, 1.807) is 0 Å². The summed E-state index contributed by atoms with van der Waals surface area (Å²) in [6.45, 7) is 13.5. The van der Waals surface area contributed by atoms with Gasteiger partial charge in [-0.05, 0) is 44.8 Å². The summed E-state index contributed by atoms with van der Waals surface area (Å²) >= 11 is 0. The second-order valence-electron chi connectivity index (χ2n) is 14.8. The molecule has 0 amide bonds. The summed E-state index contributed by atoms with van der Waals surface area (Å²) in [6.07, 6.45) is 49.6. The van der Waals surface area contributed by atoms with Crippen molar-refractivity contribution in [2.45, 2.75) is 246 Å². The van der Waals surface area contributed by atoms with E-state index in [0.717, 1.165) is 5.92 Å². The van der Waals surface area contributed by atoms with Crippen LogP contribution in [0, 0.1) is 5.92 Å². The van der Waals surface area contributed by atoms with Crippen LogP contribution in [0.4, 0.5) is 0 Å². The fraction of sp³-hybridized carbons (Fsp3) is 1.00. The molecule has 1 atom stereocenters. The molecule has 260 valence electrons. The molecule has 0 aliphatic rings. The molecule has 0 aromatic rings. The SMILES string of the molecule is CCCCCCCCCCCCCCCCN(CCCCCCCCCCCCCCCC)CCCCCC[C@H](C)CC. The van der Waals surface area contributed by atoms with Crippen molar-refractivity contribution in [2.75, 3.05) is 19.6 Å². The average molecular weight is 606 g/mol. The lowest BCUT2D eigenvalue weighted by molar-refractivity contribution is 0.253. The first-order chi connectivity index (χ1) is 21.2. The lowest BCUT2D eigenvalue weighted by Gasteiger charge is -2.22. The summed E-state index contributed by atoms with van der Waals surface area (Å²) in [6, 6.07) is 0. The Hall–Kier alpha value is -0.0400. The molecule has 0 saturated carbocycles. The summed E-state index contributed by atoms with van der Waals surface area (Å²) in [5.41, 5.74) is 0. The molecule has 0 heterocycles. The van der Waals surface area contributed by atoms with Gasteiger partial charge >= 0.3 is 0 Å². The first kappa shape index (κ1) is 43.0. The van der Waals surface area contributed by atoms with Crippen molar-refractivity contribution in [1.82, 2.24) is 4.90 Å². The van der Waals surface area contributed by atoms with E-state index in [2.05, 4.69) is 32.6 Å². The van der Waals surface area contributed by atoms with Gasteiger partial charge in [-0.15, -0.1) is 0 Å². The van der Waals surface area contributed by atoms with Crippen LogP contribution in [0.3, 0.4) is 0 Å². The van der Waals surface area contributed by atoms with Gasteiger partial charge in [0.25, 0.3) is 0 Å². The van der Waals surface area contributed by atoms with Gasteiger partial charge in [0.05, 0.1) is 0 Å². The van der Waals surface area contributed by atoms with Crippen molar-refractivity contribution in [1.29, 1.82) is 0 Å². The zero-order valence-electron chi connectivity index (χ0n) is 31.2. The summed E-state index contributed by atoms with van der Waals surface area (Å²) < 4.78 is 0. The van der Waals surface area contributed by atoms with Crippen molar-refractivity contribution in [3.63, 3.8) is 0 Å². The van der Waals surface area contributed by atoms with Gasteiger partial charge in [-0.2, -0.15) is 0 Å². The molecule has 0 aromatic carbocycles. The molecular formula is C42H87N. The van der Waals surface area contributed by atoms with E-state index in [1.165, 1.54) is 238 Å². The third kappa shape index (κ3) is 36.3. The van der Waals surface area contributed by atoms with E-state index in [-0.39, 0.29) is 0 Å². The highest BCUT2D eigenvalue weighted by atomic mass is 15.1. The largest absolute Gasteiger partial charge is 0.303 e. The smallest absolute Gasteiger partial charge is 0.00187 e. The van der Waals surface area contributed by atoms with Gasteiger partial charge < -0.3 is 4.90 Å². The van der Waals surface area contributed by atoms with E-state index in [0.29, 0.717) is 0 Å². The van der Waals surface area contributed by atoms with E-state index < -0.39 is 0 Å². The molecule has 0 spiro atoms. The number of rotatable bonds is 38. The maximum atomic E-state index is 2.86. The maximum absolute atomic E-state index is 2.86. The highest BCUT2D eigenvalue weighted by Crippen LogP contribution is 2.16. The molecule has 0 saturated heterocycles. The van der Waals surface area contributed by atoms with E-state index >= 15 is 0 Å². The molecule has 1 nitrogen and oxygen atoms in total. The van der Waals surface area contributed by atoms with Crippen molar-refractivity contribution >= 4 is 0 Å². The molecule has 0 fully saturated rings. The van der Waals surface area contributed by atoms with Gasteiger partial charge in [0.2, 0.25) is 0 Å². The normalized spacial score (nSPS) is 12.5. The number of hydrogen-bond donors (Lipinski definition) is 0. The van der Waals surface area contributed by atoms with Crippen LogP contribution in [-0.4, -0.2) is 24.5 Å². The van der Waals surface area contributed by atoms with Crippen LogP contribution < -0.4 is 0 Å². The van der Waals surface area contributed by atoms with Crippen molar-refractivity contribution in [3.8, 4) is 0 Å². The molecule has 0 aromatic heterocycles. The van der Waals surface area contributed by atoms with Crippen LogP contribution >= 0.6 is 0 Å². The van der Waals surface area contributed by atoms with Gasteiger partial charge in [-0.25, -0.2) is 0 Å². The van der Waals surface area contributed by atoms with E-state index in [4.69, 9.17) is 0 Å². The fourth-order valence-electron chi connectivity index (χ4n) is 6.78. The fourth-order valence-corrected chi connectivity index (χ4v) is 6.78. The Kier molecular flexibility index (Phi) is 38.1. The Bertz CT molecular complexity index is 442. The van der Waals surface area contributed by atoms with Gasteiger partial charge in [-0.3, -0.25) is 0 Å². The number of nitrogens with zero attached hydrogens (tertiary/aromatic N) is 1. The second kappa shape index (κ2) is 38.1. The zero-order chi connectivity index (χ0) is 31.3. The van der Waals surface area contributed by atoms with Crippen LogP contribution in [0.2, 0.25) is 0 Å². The third-order valence-corrected chi connectivity index (χ3v) is 10.3. The average Bonchev–Trinajstić information content (AvgIpc) is 3.02. The first-order valence-corrected chi connectivity index (χ1v) is 21.0. The standard InChI is InChI=1S/C42H87N/c1-5-8-10-12-14-16-18-20-22-24-26-28-31-35-39-43(41-37-33-30-34-38-42(4)7-3)40-36-32-29-27-25-23-21-19-17-15-13-11-9-6-2/h42H,5-41H2,1-4H3/t42-/m1/s1. The predicted octanol–water partition coefficient (Wildman–Crippen LogP) is 15.2. The minimum Gasteiger partial charge on any atom is -0.303 e. The second-order valence-corrected chi connectivity index (χ2v) is 14.8. The zero-order valence-corrected chi connectivity index (χ0v) is 31.2. The summed E-state index contributed by atoms with van der Waals surface area (Å²) in [5.74, 6) is 0.928. The molecule has 0 unspecified atom stereocenters. The topological polar surface area (TPSA) is 3.24 Å². The Labute approximate surface area is 275 Å². The van der Waals surface area contributed by atoms with Gasteiger partial charge in [-0.1, -0.05) is 227 Å². The van der Waals surface area contributed by atoms with Gasteiger partial charge in [0.15, 0.2) is 0 Å². The number of hydrogen-bond acceptors (Lipinski definition) is 1. The molecular weight excluding hydrogens is 518 g/mol. The lowest BCUT2D eigenvalue weighted by Crippen LogP contribution is -2.27. The van der Waals surface area contributed by atoms with Crippen molar-refractivity contribution in [2.24, 2.45) is 5.92 Å². The summed E-state index contributed by atoms with van der Waals surface area (Å²) in [7, 11) is 0. The summed E-state index contributed by atoms with van der Waals surface area (Å²) in [5, 5.41) is 0. The minimum atomic E-state index is 0.928. The molecule has 0 aliphatic carbocycles. The van der Waals surface area contributed by atoms with Crippen molar-refractivity contribution < 1.29 is 0 Å². The van der Waals surface area contributed by atoms with Crippen LogP contribution in [0.5, 0.6) is 0 Å². The van der Waals surface area contributed by atoms with Crippen LogP contribution in [-0.2, 0) is 0 Å². The molecule has 0 rings (SSSR count). The molecule has 0 bridgehead atoms. The van der Waals surface area contributed by atoms with Crippen LogP contribution in [0.1, 0.15) is 246 Å². The Morgan fingerprint density at radius 3 is 0.791 bits per heavy atom. The summed E-state index contributed by atoms with van der Waals surface area (Å²) in [4.78, 5) is 2.86. The molecule has 43 heavy (non-hydrogen) atoms. The van der Waals surface area contributed by atoms with Gasteiger partial charge in [0.1, 0.15) is 0 Å². The number of unbranched alkanes of at least 4 members (excludes halogenated alkanes) is 29.